The zero-order valence-electron chi connectivity index (χ0n) is 11.5. The summed E-state index contributed by atoms with van der Waals surface area (Å²) < 4.78 is 5.66. The van der Waals surface area contributed by atoms with Gasteiger partial charge < -0.3 is 0 Å². The average Bonchev–Trinajstić information content (AvgIpc) is 2.79. The van der Waals surface area contributed by atoms with Crippen molar-refractivity contribution in [2.45, 2.75) is 19.9 Å². The van der Waals surface area contributed by atoms with Gasteiger partial charge in [-0.1, -0.05) is 30.3 Å². The molecule has 0 aliphatic carbocycles. The highest BCUT2D eigenvalue weighted by atomic mass is 79.9. The molecule has 0 bridgehead atoms. The zero-order chi connectivity index (χ0) is 14.7. The van der Waals surface area contributed by atoms with Crippen LogP contribution in [0.2, 0.25) is 0 Å². The van der Waals surface area contributed by atoms with E-state index in [1.54, 1.807) is 4.79 Å². The molecule has 0 spiro atoms. The number of nitrogens with one attached hydrogen (secondary N) is 1. The lowest BCUT2D eigenvalue weighted by atomic mass is 10.1. The highest BCUT2D eigenvalue weighted by Crippen LogP contribution is 2.20. The van der Waals surface area contributed by atoms with Crippen LogP contribution in [-0.2, 0) is 4.79 Å². The molecule has 1 atom stereocenters. The van der Waals surface area contributed by atoms with Crippen LogP contribution >= 0.6 is 15.9 Å². The molecule has 1 heterocycles. The normalized spacial score (nSPS) is 12.0. The third-order valence-electron chi connectivity index (χ3n) is 3.00. The largest absolute Gasteiger partial charge is 0.372 e. The quantitative estimate of drug-likeness (QED) is 0.865. The van der Waals surface area contributed by atoms with Gasteiger partial charge in [-0.15, -0.1) is 5.01 Å². The standard InChI is InChI=1S/C13H15BrN4O2/c1-9(11-7-5-4-6-8-11)17(3)18-12(14)13(20-16-18)15-10(2)19/h4-9H,1-3H3/p+1. The van der Waals surface area contributed by atoms with Gasteiger partial charge in [0.15, 0.2) is 0 Å². The first kappa shape index (κ1) is 14.5. The molecular weight excluding hydrogens is 324 g/mol. The Kier molecular flexibility index (Phi) is 4.39. The third kappa shape index (κ3) is 2.98. The minimum absolute atomic E-state index is 0.0905. The summed E-state index contributed by atoms with van der Waals surface area (Å²) >= 11 is 3.37. The molecule has 0 aliphatic heterocycles. The van der Waals surface area contributed by atoms with Crippen LogP contribution in [0.1, 0.15) is 25.5 Å². The molecule has 0 radical (unpaired) electrons. The highest BCUT2D eigenvalue weighted by molar-refractivity contribution is 9.10. The Bertz CT molecular complexity index is 600. The number of anilines is 1. The van der Waals surface area contributed by atoms with Crippen LogP contribution in [0.5, 0.6) is 0 Å². The molecule has 0 saturated heterocycles. The fourth-order valence-electron chi connectivity index (χ4n) is 1.79. The molecular formula is C13H16BrN4O2+. The van der Waals surface area contributed by atoms with Gasteiger partial charge in [-0.05, 0) is 12.5 Å². The van der Waals surface area contributed by atoms with E-state index >= 15 is 0 Å². The lowest BCUT2D eigenvalue weighted by molar-refractivity contribution is -0.768. The highest BCUT2D eigenvalue weighted by Gasteiger charge is 2.30. The lowest BCUT2D eigenvalue weighted by Gasteiger charge is -2.17. The van der Waals surface area contributed by atoms with E-state index in [2.05, 4.69) is 33.4 Å². The summed E-state index contributed by atoms with van der Waals surface area (Å²) in [5.41, 5.74) is 1.15. The molecule has 0 fully saturated rings. The predicted molar refractivity (Wildman–Crippen MR) is 77.7 cm³/mol. The molecule has 0 aliphatic rings. The van der Waals surface area contributed by atoms with E-state index in [1.807, 2.05) is 42.4 Å². The second-order valence-electron chi connectivity index (χ2n) is 4.42. The Labute approximate surface area is 125 Å². The number of aromatic nitrogens is 2. The molecule has 0 saturated carbocycles. The summed E-state index contributed by atoms with van der Waals surface area (Å²) in [6.45, 7) is 3.47. The van der Waals surface area contributed by atoms with Gasteiger partial charge in [-0.25, -0.2) is 0 Å². The number of benzene rings is 1. The Morgan fingerprint density at radius 2 is 2.10 bits per heavy atom. The molecule has 1 unspecified atom stereocenters. The van der Waals surface area contributed by atoms with E-state index in [0.717, 1.165) is 5.56 Å². The van der Waals surface area contributed by atoms with Gasteiger partial charge in [-0.2, -0.15) is 0 Å². The van der Waals surface area contributed by atoms with Crippen molar-refractivity contribution >= 4 is 27.7 Å². The average molecular weight is 340 g/mol. The number of hydrogen-bond donors (Lipinski definition) is 1. The van der Waals surface area contributed by atoms with Gasteiger partial charge in [0.05, 0.1) is 11.8 Å². The number of rotatable bonds is 4. The Hall–Kier alpha value is -1.89. The smallest absolute Gasteiger partial charge is 0.288 e. The van der Waals surface area contributed by atoms with Crippen molar-refractivity contribution in [3.05, 3.63) is 40.5 Å². The van der Waals surface area contributed by atoms with E-state index in [0.29, 0.717) is 4.60 Å². The van der Waals surface area contributed by atoms with Crippen molar-refractivity contribution in [2.75, 3.05) is 17.4 Å². The molecule has 106 valence electrons. The summed E-state index contributed by atoms with van der Waals surface area (Å²) in [5, 5.41) is 8.38. The number of carbonyl (C=O) groups is 1. The van der Waals surface area contributed by atoms with Crippen LogP contribution in [-0.4, -0.2) is 18.2 Å². The van der Waals surface area contributed by atoms with E-state index in [1.165, 1.54) is 6.92 Å². The maximum atomic E-state index is 11.1. The van der Waals surface area contributed by atoms with Crippen molar-refractivity contribution in [3.63, 3.8) is 0 Å². The van der Waals surface area contributed by atoms with Gasteiger partial charge in [-0.3, -0.25) is 14.6 Å². The van der Waals surface area contributed by atoms with Crippen LogP contribution in [0.3, 0.4) is 0 Å². The molecule has 2 aromatic rings. The predicted octanol–water partition coefficient (Wildman–Crippen LogP) is 2.01. The molecule has 1 amide bonds. The summed E-state index contributed by atoms with van der Waals surface area (Å²) in [4.78, 5) is 12.6. The molecule has 1 aromatic carbocycles. The number of nitrogens with zero attached hydrogens (tertiary/aromatic N) is 3. The lowest BCUT2D eigenvalue weighted by Crippen LogP contribution is -2.58. The van der Waals surface area contributed by atoms with Gasteiger partial charge >= 0.3 is 10.5 Å². The van der Waals surface area contributed by atoms with Gasteiger partial charge in [0.2, 0.25) is 11.2 Å². The number of hydrogen-bond acceptors (Lipinski definition) is 4. The number of halogens is 1. The maximum Gasteiger partial charge on any atom is 0.372 e. The van der Waals surface area contributed by atoms with Crippen LogP contribution in [0, 0.1) is 0 Å². The Morgan fingerprint density at radius 3 is 2.70 bits per heavy atom. The van der Waals surface area contributed by atoms with E-state index in [-0.39, 0.29) is 17.8 Å². The van der Waals surface area contributed by atoms with Crippen LogP contribution in [0.4, 0.5) is 5.88 Å². The Balaban J connectivity index is 2.23. The first-order chi connectivity index (χ1) is 9.50. The van der Waals surface area contributed by atoms with Gasteiger partial charge in [0.1, 0.15) is 6.04 Å². The van der Waals surface area contributed by atoms with E-state index < -0.39 is 0 Å². The zero-order valence-corrected chi connectivity index (χ0v) is 13.1. The number of amides is 1. The van der Waals surface area contributed by atoms with Gasteiger partial charge in [0, 0.05) is 22.9 Å². The molecule has 6 nitrogen and oxygen atoms in total. The fraction of sp³-hybridized carbons (Fsp3) is 0.308. The maximum absolute atomic E-state index is 11.1. The fourth-order valence-corrected chi connectivity index (χ4v) is 2.27. The third-order valence-corrected chi connectivity index (χ3v) is 3.68. The van der Waals surface area contributed by atoms with Crippen molar-refractivity contribution in [2.24, 2.45) is 0 Å². The summed E-state index contributed by atoms with van der Waals surface area (Å²) in [5.74, 6) is 0.0670. The van der Waals surface area contributed by atoms with Crippen LogP contribution in [0.25, 0.3) is 0 Å². The summed E-state index contributed by atoms with van der Waals surface area (Å²) in [6.07, 6.45) is 0. The van der Waals surface area contributed by atoms with Crippen LogP contribution < -0.4 is 15.1 Å². The van der Waals surface area contributed by atoms with Crippen molar-refractivity contribution in [1.29, 1.82) is 0 Å². The molecule has 7 heteroatoms. The Morgan fingerprint density at radius 1 is 1.45 bits per heavy atom. The molecule has 1 aromatic heterocycles. The molecule has 1 N–H and O–H groups in total. The second kappa shape index (κ2) is 6.04. The number of carbonyl (C=O) groups excluding carboxylic acids is 1. The monoisotopic (exact) mass is 339 g/mol. The van der Waals surface area contributed by atoms with Gasteiger partial charge in [0.25, 0.3) is 0 Å². The summed E-state index contributed by atoms with van der Waals surface area (Å²) in [7, 11) is 1.89. The minimum atomic E-state index is -0.215. The van der Waals surface area contributed by atoms with E-state index in [9.17, 15) is 4.79 Å². The first-order valence-corrected chi connectivity index (χ1v) is 6.93. The topological polar surface area (TPSA) is 62.3 Å². The molecule has 2 rings (SSSR count). The van der Waals surface area contributed by atoms with Crippen molar-refractivity contribution in [1.82, 2.24) is 5.27 Å². The van der Waals surface area contributed by atoms with Crippen molar-refractivity contribution < 1.29 is 14.1 Å². The SMILES string of the molecule is CC(=O)Nc1on[n+](N(C)C(C)c2ccccc2)c1Br. The summed E-state index contributed by atoms with van der Waals surface area (Å²) in [6, 6.07) is 10.1. The molecule has 20 heavy (non-hydrogen) atoms. The minimum Gasteiger partial charge on any atom is -0.288 e. The van der Waals surface area contributed by atoms with Crippen molar-refractivity contribution in [3.8, 4) is 0 Å². The van der Waals surface area contributed by atoms with Crippen LogP contribution in [0.15, 0.2) is 39.5 Å². The second-order valence-corrected chi connectivity index (χ2v) is 5.17. The van der Waals surface area contributed by atoms with E-state index in [4.69, 9.17) is 4.52 Å². The first-order valence-electron chi connectivity index (χ1n) is 6.14.